The summed E-state index contributed by atoms with van der Waals surface area (Å²) in [4.78, 5) is 2.63. The summed E-state index contributed by atoms with van der Waals surface area (Å²) in [5.74, 6) is 2.04. The number of rotatable bonds is 4. The molecule has 0 amide bonds. The lowest BCUT2D eigenvalue weighted by Crippen LogP contribution is -2.31. The second-order valence-corrected chi connectivity index (χ2v) is 6.29. The highest BCUT2D eigenvalue weighted by atomic mass is 35.5. The fraction of sp³-hybridized carbons (Fsp3) is 0.647. The van der Waals surface area contributed by atoms with Crippen LogP contribution in [0.3, 0.4) is 0 Å². The van der Waals surface area contributed by atoms with Gasteiger partial charge in [0, 0.05) is 38.8 Å². The van der Waals surface area contributed by atoms with Crippen molar-refractivity contribution in [3.05, 3.63) is 35.9 Å². The third kappa shape index (κ3) is 4.19. The molecule has 4 heteroatoms. The maximum atomic E-state index is 6.01. The summed E-state index contributed by atoms with van der Waals surface area (Å²) in [5.41, 5.74) is 7.47. The molecule has 0 bridgehead atoms. The number of hydrogen-bond donors (Lipinski definition) is 1. The van der Waals surface area contributed by atoms with E-state index in [4.69, 9.17) is 10.5 Å². The molecule has 1 aromatic carbocycles. The van der Waals surface area contributed by atoms with Gasteiger partial charge in [-0.1, -0.05) is 30.3 Å². The molecule has 0 saturated carbocycles. The summed E-state index contributed by atoms with van der Waals surface area (Å²) in [5, 5.41) is 0. The predicted molar refractivity (Wildman–Crippen MR) is 89.0 cm³/mol. The molecule has 118 valence electrons. The summed E-state index contributed by atoms with van der Waals surface area (Å²) >= 11 is 0. The van der Waals surface area contributed by atoms with Crippen LogP contribution in [0.2, 0.25) is 0 Å². The zero-order valence-corrected chi connectivity index (χ0v) is 13.4. The Kier molecular flexibility index (Phi) is 6.49. The van der Waals surface area contributed by atoms with E-state index in [-0.39, 0.29) is 12.4 Å². The Labute approximate surface area is 134 Å². The summed E-state index contributed by atoms with van der Waals surface area (Å²) < 4.78 is 5.46. The Morgan fingerprint density at radius 1 is 1.10 bits per heavy atom. The molecule has 2 N–H and O–H groups in total. The molecule has 1 aromatic rings. The van der Waals surface area contributed by atoms with Crippen LogP contribution in [0.4, 0.5) is 0 Å². The van der Waals surface area contributed by atoms with Gasteiger partial charge in [0.2, 0.25) is 0 Å². The van der Waals surface area contributed by atoms with E-state index < -0.39 is 0 Å². The normalized spacial score (nSPS) is 27.5. The number of ether oxygens (including phenoxy) is 1. The fourth-order valence-electron chi connectivity index (χ4n) is 3.72. The van der Waals surface area contributed by atoms with Crippen LogP contribution in [0.5, 0.6) is 0 Å². The lowest BCUT2D eigenvalue weighted by atomic mass is 9.89. The quantitative estimate of drug-likeness (QED) is 0.928. The van der Waals surface area contributed by atoms with Crippen molar-refractivity contribution in [3.8, 4) is 0 Å². The third-order valence-corrected chi connectivity index (χ3v) is 4.90. The second-order valence-electron chi connectivity index (χ2n) is 6.29. The van der Waals surface area contributed by atoms with Gasteiger partial charge in [0.1, 0.15) is 0 Å². The Hall–Kier alpha value is -0.610. The van der Waals surface area contributed by atoms with Gasteiger partial charge in [-0.2, -0.15) is 0 Å². The fourth-order valence-corrected chi connectivity index (χ4v) is 3.72. The molecule has 3 nitrogen and oxygen atoms in total. The van der Waals surface area contributed by atoms with E-state index in [9.17, 15) is 0 Å². The van der Waals surface area contributed by atoms with Crippen molar-refractivity contribution in [2.24, 2.45) is 17.6 Å². The lowest BCUT2D eigenvalue weighted by molar-refractivity contribution is 0.0550. The Bertz CT molecular complexity index is 409. The van der Waals surface area contributed by atoms with E-state index in [0.29, 0.717) is 11.8 Å². The summed E-state index contributed by atoms with van der Waals surface area (Å²) in [6.07, 6.45) is 2.44. The van der Waals surface area contributed by atoms with Gasteiger partial charge in [-0.05, 0) is 36.8 Å². The zero-order valence-electron chi connectivity index (χ0n) is 12.6. The van der Waals surface area contributed by atoms with E-state index in [0.717, 1.165) is 32.2 Å². The van der Waals surface area contributed by atoms with Gasteiger partial charge in [0.15, 0.2) is 0 Å². The molecule has 3 rings (SSSR count). The number of benzene rings is 1. The van der Waals surface area contributed by atoms with Gasteiger partial charge in [-0.25, -0.2) is 0 Å². The molecule has 2 atom stereocenters. The first-order valence-electron chi connectivity index (χ1n) is 7.92. The highest BCUT2D eigenvalue weighted by Crippen LogP contribution is 2.33. The average molecular weight is 311 g/mol. The van der Waals surface area contributed by atoms with Crippen LogP contribution in [-0.4, -0.2) is 44.3 Å². The first kappa shape index (κ1) is 16.8. The van der Waals surface area contributed by atoms with Crippen LogP contribution in [0, 0.1) is 11.8 Å². The number of hydrogen-bond acceptors (Lipinski definition) is 3. The van der Waals surface area contributed by atoms with Gasteiger partial charge in [-0.3, -0.25) is 0 Å². The highest BCUT2D eigenvalue weighted by Gasteiger charge is 2.33. The summed E-state index contributed by atoms with van der Waals surface area (Å²) in [6, 6.07) is 10.9. The molecular formula is C17H27ClN2O. The third-order valence-electron chi connectivity index (χ3n) is 4.90. The SMILES string of the molecule is Cl.NC[C@@H]1CN(CC2CCOCC2)C[C@H]1c1ccccc1. The Morgan fingerprint density at radius 3 is 2.48 bits per heavy atom. The minimum atomic E-state index is 0. The lowest BCUT2D eigenvalue weighted by Gasteiger charge is -2.27. The van der Waals surface area contributed by atoms with E-state index in [1.54, 1.807) is 0 Å². The molecule has 0 radical (unpaired) electrons. The van der Waals surface area contributed by atoms with Crippen molar-refractivity contribution in [1.82, 2.24) is 4.90 Å². The summed E-state index contributed by atoms with van der Waals surface area (Å²) in [6.45, 7) is 6.24. The van der Waals surface area contributed by atoms with Crippen molar-refractivity contribution < 1.29 is 4.74 Å². The van der Waals surface area contributed by atoms with Crippen molar-refractivity contribution in [2.45, 2.75) is 18.8 Å². The molecule has 0 spiro atoms. The van der Waals surface area contributed by atoms with Crippen LogP contribution in [0.1, 0.15) is 24.3 Å². The van der Waals surface area contributed by atoms with E-state index in [1.165, 1.54) is 31.5 Å². The van der Waals surface area contributed by atoms with Crippen LogP contribution in [-0.2, 0) is 4.74 Å². The van der Waals surface area contributed by atoms with Crippen molar-refractivity contribution >= 4 is 12.4 Å². The van der Waals surface area contributed by atoms with E-state index >= 15 is 0 Å². The number of nitrogens with zero attached hydrogens (tertiary/aromatic N) is 1. The molecule has 2 heterocycles. The van der Waals surface area contributed by atoms with Crippen molar-refractivity contribution in [2.75, 3.05) is 39.4 Å². The number of halogens is 1. The predicted octanol–water partition coefficient (Wildman–Crippen LogP) is 2.51. The second kappa shape index (κ2) is 8.14. The van der Waals surface area contributed by atoms with Crippen molar-refractivity contribution in [3.63, 3.8) is 0 Å². The maximum absolute atomic E-state index is 6.01. The molecule has 0 aliphatic carbocycles. The van der Waals surface area contributed by atoms with Crippen molar-refractivity contribution in [1.29, 1.82) is 0 Å². The Balaban J connectivity index is 0.00000161. The number of nitrogens with two attached hydrogens (primary N) is 1. The Morgan fingerprint density at radius 2 is 1.81 bits per heavy atom. The van der Waals surface area contributed by atoms with Crippen LogP contribution < -0.4 is 5.73 Å². The molecule has 2 aliphatic heterocycles. The molecule has 2 fully saturated rings. The average Bonchev–Trinajstić information content (AvgIpc) is 2.92. The molecule has 2 saturated heterocycles. The zero-order chi connectivity index (χ0) is 13.8. The van der Waals surface area contributed by atoms with Gasteiger partial charge in [0.25, 0.3) is 0 Å². The molecular weight excluding hydrogens is 284 g/mol. The van der Waals surface area contributed by atoms with Gasteiger partial charge >= 0.3 is 0 Å². The largest absolute Gasteiger partial charge is 0.381 e. The van der Waals surface area contributed by atoms with Crippen LogP contribution in [0.15, 0.2) is 30.3 Å². The molecule has 0 unspecified atom stereocenters. The van der Waals surface area contributed by atoms with E-state index in [2.05, 4.69) is 35.2 Å². The smallest absolute Gasteiger partial charge is 0.0469 e. The standard InChI is InChI=1S/C17H26N2O.ClH/c18-10-16-12-19(11-14-6-8-20-9-7-14)13-17(16)15-4-2-1-3-5-15;/h1-5,14,16-17H,6-13,18H2;1H/t16-,17+;/m1./s1. The maximum Gasteiger partial charge on any atom is 0.0469 e. The summed E-state index contributed by atoms with van der Waals surface area (Å²) in [7, 11) is 0. The molecule has 0 aromatic heterocycles. The van der Waals surface area contributed by atoms with E-state index in [1.807, 2.05) is 0 Å². The number of likely N-dealkylation sites (tertiary alicyclic amines) is 1. The minimum Gasteiger partial charge on any atom is -0.381 e. The highest BCUT2D eigenvalue weighted by molar-refractivity contribution is 5.85. The minimum absolute atomic E-state index is 0. The molecule has 2 aliphatic rings. The van der Waals surface area contributed by atoms with Crippen LogP contribution in [0.25, 0.3) is 0 Å². The van der Waals surface area contributed by atoms with Gasteiger partial charge in [-0.15, -0.1) is 12.4 Å². The first-order chi connectivity index (χ1) is 9.86. The van der Waals surface area contributed by atoms with Crippen LogP contribution >= 0.6 is 12.4 Å². The van der Waals surface area contributed by atoms with Gasteiger partial charge < -0.3 is 15.4 Å². The van der Waals surface area contributed by atoms with Gasteiger partial charge in [0.05, 0.1) is 0 Å². The first-order valence-corrected chi connectivity index (χ1v) is 7.92. The topological polar surface area (TPSA) is 38.5 Å². The molecule has 21 heavy (non-hydrogen) atoms. The monoisotopic (exact) mass is 310 g/mol.